The molecule has 2 atom stereocenters. The van der Waals surface area contributed by atoms with E-state index >= 15 is 0 Å². The van der Waals surface area contributed by atoms with Crippen LogP contribution in [0.25, 0.3) is 22.3 Å². The van der Waals surface area contributed by atoms with Gasteiger partial charge in [-0.3, -0.25) is 14.6 Å². The number of phenolic OH excluding ortho intramolecular Hbond substituents is 1. The Morgan fingerprint density at radius 3 is 2.72 bits per heavy atom. The van der Waals surface area contributed by atoms with Crippen LogP contribution in [0.5, 0.6) is 11.5 Å². The minimum absolute atomic E-state index is 0.0293. The van der Waals surface area contributed by atoms with Gasteiger partial charge in [0.1, 0.15) is 28.2 Å². The molecular weight excluding hydrogens is 461 g/mol. The van der Waals surface area contributed by atoms with Gasteiger partial charge in [-0.1, -0.05) is 23.7 Å². The van der Waals surface area contributed by atoms with Gasteiger partial charge in [-0.2, -0.15) is 0 Å². The molecule has 1 aromatic heterocycles. The van der Waals surface area contributed by atoms with Crippen molar-refractivity contribution in [2.75, 3.05) is 20.1 Å². The standard InChI is InChI=1S/C21H21ClNO8P/c1-23-7-6-12(16(26)10-23)19-14(24)9-18(31-32(27,28)29)20-15(25)8-17(30-21(19)20)11-4-2-3-5-13(11)22/h2-5,8-9,12,16,24,26H,6-7,10H2,1H3,(H2,27,28,29)/t12-,16+/m0/s1/i1D2. The van der Waals surface area contributed by atoms with Crippen LogP contribution in [0.1, 0.15) is 20.6 Å². The summed E-state index contributed by atoms with van der Waals surface area (Å²) in [4.78, 5) is 33.1. The topological polar surface area (TPSA) is 141 Å². The lowest BCUT2D eigenvalue weighted by Gasteiger charge is -2.34. The van der Waals surface area contributed by atoms with Crippen molar-refractivity contribution >= 4 is 30.4 Å². The van der Waals surface area contributed by atoms with Crippen molar-refractivity contribution in [2.45, 2.75) is 18.4 Å². The third-order valence-electron chi connectivity index (χ3n) is 5.32. The van der Waals surface area contributed by atoms with E-state index in [2.05, 4.69) is 4.52 Å². The van der Waals surface area contributed by atoms with Gasteiger partial charge in [0.25, 0.3) is 0 Å². The molecule has 4 N–H and O–H groups in total. The molecule has 0 unspecified atom stereocenters. The zero-order valence-electron chi connectivity index (χ0n) is 18.5. The maximum Gasteiger partial charge on any atom is 0.524 e. The Balaban J connectivity index is 1.97. The third-order valence-corrected chi connectivity index (χ3v) is 6.09. The molecule has 1 aliphatic rings. The average molecular weight is 484 g/mol. The zero-order valence-corrected chi connectivity index (χ0v) is 18.2. The van der Waals surface area contributed by atoms with Crippen LogP contribution in [0, 0.1) is 0 Å². The van der Waals surface area contributed by atoms with Crippen molar-refractivity contribution in [1.82, 2.24) is 4.90 Å². The van der Waals surface area contributed by atoms with Crippen LogP contribution < -0.4 is 9.95 Å². The second kappa shape index (κ2) is 8.51. The molecule has 0 amide bonds. The molecule has 0 aliphatic carbocycles. The molecule has 0 radical (unpaired) electrons. The number of piperidine rings is 1. The highest BCUT2D eigenvalue weighted by Crippen LogP contribution is 2.47. The predicted molar refractivity (Wildman–Crippen MR) is 118 cm³/mol. The maximum atomic E-state index is 13.1. The van der Waals surface area contributed by atoms with E-state index in [1.807, 2.05) is 0 Å². The van der Waals surface area contributed by atoms with Gasteiger partial charge < -0.3 is 24.1 Å². The molecule has 32 heavy (non-hydrogen) atoms. The van der Waals surface area contributed by atoms with E-state index in [0.29, 0.717) is 5.56 Å². The number of likely N-dealkylation sites (N-methyl/N-ethyl adjacent to an activating group) is 1. The molecule has 170 valence electrons. The van der Waals surface area contributed by atoms with Gasteiger partial charge in [0.05, 0.1) is 11.1 Å². The number of aliphatic hydroxyl groups is 1. The van der Waals surface area contributed by atoms with E-state index in [4.69, 9.17) is 18.8 Å². The van der Waals surface area contributed by atoms with Crippen LogP contribution in [0.4, 0.5) is 0 Å². The summed E-state index contributed by atoms with van der Waals surface area (Å²) in [7, 11) is -5.10. The summed E-state index contributed by atoms with van der Waals surface area (Å²) in [6.45, 7) is -1.06. The van der Waals surface area contributed by atoms with Crippen LogP contribution in [0.15, 0.2) is 45.6 Å². The lowest BCUT2D eigenvalue weighted by molar-refractivity contribution is 0.0630. The average Bonchev–Trinajstić information content (AvgIpc) is 2.73. The molecule has 2 aromatic carbocycles. The Morgan fingerprint density at radius 1 is 1.31 bits per heavy atom. The number of nitrogens with zero attached hydrogens (tertiary/aromatic N) is 1. The van der Waals surface area contributed by atoms with Gasteiger partial charge in [0, 0.05) is 38.5 Å². The van der Waals surface area contributed by atoms with Gasteiger partial charge in [-0.25, -0.2) is 4.57 Å². The first-order valence-electron chi connectivity index (χ1n) is 10.7. The molecule has 3 aromatic rings. The van der Waals surface area contributed by atoms with Crippen LogP contribution in [0.2, 0.25) is 5.02 Å². The van der Waals surface area contributed by atoms with E-state index < -0.39 is 43.8 Å². The van der Waals surface area contributed by atoms with Gasteiger partial charge in [0.2, 0.25) is 0 Å². The highest BCUT2D eigenvalue weighted by Gasteiger charge is 2.34. The van der Waals surface area contributed by atoms with E-state index in [1.165, 1.54) is 4.90 Å². The number of β-amino-alcohol motifs (C(OH)–C–C–N with tert-alkyl or cyclic N) is 1. The van der Waals surface area contributed by atoms with Crippen molar-refractivity contribution in [3.63, 3.8) is 0 Å². The number of phosphoric acid groups is 1. The highest BCUT2D eigenvalue weighted by atomic mass is 35.5. The fourth-order valence-corrected chi connectivity index (χ4v) is 4.58. The number of aromatic hydroxyl groups is 1. The molecule has 11 heteroatoms. The minimum Gasteiger partial charge on any atom is -0.507 e. The Labute approximate surface area is 190 Å². The number of hydrogen-bond acceptors (Lipinski definition) is 7. The number of fused-ring (bicyclic) bond motifs is 1. The monoisotopic (exact) mass is 483 g/mol. The molecule has 0 bridgehead atoms. The molecule has 1 aliphatic heterocycles. The van der Waals surface area contributed by atoms with Crippen LogP contribution in [0.3, 0.4) is 0 Å². The fourth-order valence-electron chi connectivity index (χ4n) is 3.95. The molecule has 4 rings (SSSR count). The largest absolute Gasteiger partial charge is 0.524 e. The summed E-state index contributed by atoms with van der Waals surface area (Å²) >= 11 is 6.25. The normalized spacial score (nSPS) is 20.9. The molecule has 0 saturated carbocycles. The number of likely N-dealkylation sites (tertiary alicyclic amines) is 1. The summed E-state index contributed by atoms with van der Waals surface area (Å²) in [5.74, 6) is -1.79. The third kappa shape index (κ3) is 4.41. The lowest BCUT2D eigenvalue weighted by Crippen LogP contribution is -2.40. The van der Waals surface area contributed by atoms with E-state index in [1.54, 1.807) is 24.3 Å². The van der Waals surface area contributed by atoms with Crippen LogP contribution in [-0.4, -0.2) is 51.1 Å². The molecule has 9 nitrogen and oxygen atoms in total. The SMILES string of the molecule is [2H]C([2H])N1CC[C@H](c2c(O)cc(OP(=O)(O)O)c3c(=O)cc(-c4ccccc4Cl)oc23)[C@H](O)C1. The molecule has 1 fully saturated rings. The molecule has 2 heterocycles. The van der Waals surface area contributed by atoms with E-state index in [0.717, 1.165) is 12.1 Å². The van der Waals surface area contributed by atoms with Crippen LogP contribution >= 0.6 is 19.4 Å². The van der Waals surface area contributed by atoms with Crippen molar-refractivity contribution in [1.29, 1.82) is 0 Å². The first-order valence-corrected chi connectivity index (χ1v) is 11.5. The number of hydrogen-bond donors (Lipinski definition) is 4. The molecule has 0 spiro atoms. The zero-order chi connectivity index (χ0) is 24.8. The molecule has 1 saturated heterocycles. The highest BCUT2D eigenvalue weighted by molar-refractivity contribution is 7.46. The Kier molecular flexibility index (Phi) is 5.38. The van der Waals surface area contributed by atoms with Crippen LogP contribution in [-0.2, 0) is 4.57 Å². The van der Waals surface area contributed by atoms with Crippen molar-refractivity contribution in [3.05, 3.63) is 57.2 Å². The maximum absolute atomic E-state index is 13.1. The first-order chi connectivity index (χ1) is 16.0. The number of phenols is 1. The number of benzene rings is 2. The van der Waals surface area contributed by atoms with Crippen molar-refractivity contribution in [3.8, 4) is 22.8 Å². The Morgan fingerprint density at radius 2 is 2.06 bits per heavy atom. The van der Waals surface area contributed by atoms with Gasteiger partial charge in [0.15, 0.2) is 5.43 Å². The number of halogens is 1. The van der Waals surface area contributed by atoms with E-state index in [-0.39, 0.29) is 46.8 Å². The summed E-state index contributed by atoms with van der Waals surface area (Å²) in [5.41, 5.74) is -0.490. The van der Waals surface area contributed by atoms with Crippen molar-refractivity contribution in [2.24, 2.45) is 0 Å². The number of rotatable bonds is 4. The number of aliphatic hydroxyl groups excluding tert-OH is 1. The summed E-state index contributed by atoms with van der Waals surface area (Å²) in [5, 5.41) is 21.5. The quantitative estimate of drug-likeness (QED) is 0.412. The Hall–Kier alpha value is -2.39. The summed E-state index contributed by atoms with van der Waals surface area (Å²) in [6, 6.07) is 8.56. The summed E-state index contributed by atoms with van der Waals surface area (Å²) in [6.07, 6.45) is -0.902. The molecular formula is C21H21ClNO8P. The van der Waals surface area contributed by atoms with Gasteiger partial charge in [-0.05, 0) is 32.1 Å². The predicted octanol–water partition coefficient (Wildman–Crippen LogP) is 3.07. The van der Waals surface area contributed by atoms with E-state index in [9.17, 15) is 29.4 Å². The number of phosphoric ester groups is 1. The Bertz CT molecular complexity index is 1340. The van der Waals surface area contributed by atoms with Crippen molar-refractivity contribution < 1.29 is 36.2 Å². The van der Waals surface area contributed by atoms with Gasteiger partial charge >= 0.3 is 7.82 Å². The first kappa shape index (κ1) is 20.2. The fraction of sp³-hybridized carbons (Fsp3) is 0.286. The summed E-state index contributed by atoms with van der Waals surface area (Å²) < 4.78 is 37.3. The smallest absolute Gasteiger partial charge is 0.507 e. The minimum atomic E-state index is -5.10. The second-order valence-electron chi connectivity index (χ2n) is 7.51. The van der Waals surface area contributed by atoms with Gasteiger partial charge in [-0.15, -0.1) is 0 Å². The lowest BCUT2D eigenvalue weighted by atomic mass is 9.85. The second-order valence-corrected chi connectivity index (χ2v) is 9.08.